The van der Waals surface area contributed by atoms with E-state index in [1.807, 2.05) is 6.92 Å². The van der Waals surface area contributed by atoms with Gasteiger partial charge in [-0.2, -0.15) is 0 Å². The monoisotopic (exact) mass is 240 g/mol. The number of hydrogen-bond donors (Lipinski definition) is 2. The zero-order valence-corrected chi connectivity index (χ0v) is 10.8. The van der Waals surface area contributed by atoms with Gasteiger partial charge >= 0.3 is 0 Å². The summed E-state index contributed by atoms with van der Waals surface area (Å²) in [6.45, 7) is 5.44. The summed E-state index contributed by atoms with van der Waals surface area (Å²) in [6.07, 6.45) is 5.86. The quantitative estimate of drug-likeness (QED) is 0.772. The van der Waals surface area contributed by atoms with E-state index in [1.54, 1.807) is 0 Å². The van der Waals surface area contributed by atoms with Crippen LogP contribution in [0.15, 0.2) is 0 Å². The molecule has 0 radical (unpaired) electrons. The zero-order valence-electron chi connectivity index (χ0n) is 10.8. The van der Waals surface area contributed by atoms with Gasteiger partial charge in [-0.05, 0) is 45.6 Å². The van der Waals surface area contributed by atoms with Gasteiger partial charge in [0.05, 0.1) is 11.5 Å². The van der Waals surface area contributed by atoms with Gasteiger partial charge in [-0.25, -0.2) is 0 Å². The number of hydrogen-bond acceptors (Lipinski definition) is 3. The number of amides is 1. The second-order valence-electron chi connectivity index (χ2n) is 5.52. The van der Waals surface area contributed by atoms with Crippen molar-refractivity contribution in [2.45, 2.75) is 45.1 Å². The van der Waals surface area contributed by atoms with Crippen molar-refractivity contribution in [1.82, 2.24) is 10.6 Å². The van der Waals surface area contributed by atoms with Crippen molar-refractivity contribution >= 4 is 5.91 Å². The predicted octanol–water partition coefficient (Wildman–Crippen LogP) is 1.06. The van der Waals surface area contributed by atoms with Crippen LogP contribution in [0, 0.1) is 5.41 Å². The molecule has 0 saturated carbocycles. The summed E-state index contributed by atoms with van der Waals surface area (Å²) in [4.78, 5) is 12.0. The topological polar surface area (TPSA) is 50.4 Å². The summed E-state index contributed by atoms with van der Waals surface area (Å²) < 4.78 is 5.65. The summed E-state index contributed by atoms with van der Waals surface area (Å²) in [5.74, 6) is 0.193. The molecule has 2 rings (SSSR count). The maximum atomic E-state index is 12.0. The molecule has 2 aliphatic rings. The average molecular weight is 240 g/mol. The van der Waals surface area contributed by atoms with Gasteiger partial charge in [0.1, 0.15) is 0 Å². The molecule has 1 amide bonds. The molecule has 2 N–H and O–H groups in total. The largest absolute Gasteiger partial charge is 0.378 e. The lowest BCUT2D eigenvalue weighted by Crippen LogP contribution is -2.41. The molecular formula is C13H24N2O2. The number of nitrogens with one attached hydrogen (secondary N) is 2. The second kappa shape index (κ2) is 5.83. The normalized spacial score (nSPS) is 33.6. The van der Waals surface area contributed by atoms with E-state index in [0.29, 0.717) is 6.10 Å². The zero-order chi connectivity index (χ0) is 12.1. The lowest BCUT2D eigenvalue weighted by molar-refractivity contribution is -0.129. The summed E-state index contributed by atoms with van der Waals surface area (Å²) in [7, 11) is 0. The van der Waals surface area contributed by atoms with Crippen LogP contribution in [-0.2, 0) is 9.53 Å². The van der Waals surface area contributed by atoms with Crippen LogP contribution < -0.4 is 10.6 Å². The Hall–Kier alpha value is -0.610. The minimum Gasteiger partial charge on any atom is -0.378 e. The first-order valence-corrected chi connectivity index (χ1v) is 6.81. The third kappa shape index (κ3) is 3.42. The molecule has 4 nitrogen and oxygen atoms in total. The Morgan fingerprint density at radius 1 is 1.53 bits per heavy atom. The van der Waals surface area contributed by atoms with Gasteiger partial charge in [-0.15, -0.1) is 0 Å². The minimum absolute atomic E-state index is 0.193. The van der Waals surface area contributed by atoms with Gasteiger partial charge in [0.15, 0.2) is 0 Å². The fraction of sp³-hybridized carbons (Fsp3) is 0.923. The molecule has 17 heavy (non-hydrogen) atoms. The van der Waals surface area contributed by atoms with Gasteiger partial charge < -0.3 is 15.4 Å². The van der Waals surface area contributed by atoms with E-state index in [9.17, 15) is 4.79 Å². The molecule has 0 bridgehead atoms. The summed E-state index contributed by atoms with van der Waals surface area (Å²) in [5, 5.41) is 6.30. The van der Waals surface area contributed by atoms with E-state index in [-0.39, 0.29) is 11.3 Å². The van der Waals surface area contributed by atoms with Crippen molar-refractivity contribution in [2.24, 2.45) is 5.41 Å². The molecule has 0 aliphatic carbocycles. The third-order valence-corrected chi connectivity index (χ3v) is 3.94. The van der Waals surface area contributed by atoms with Crippen molar-refractivity contribution in [1.29, 1.82) is 0 Å². The molecule has 0 aromatic rings. The van der Waals surface area contributed by atoms with Crippen molar-refractivity contribution < 1.29 is 9.53 Å². The minimum atomic E-state index is -0.201. The van der Waals surface area contributed by atoms with Gasteiger partial charge in [-0.3, -0.25) is 4.79 Å². The van der Waals surface area contributed by atoms with Crippen LogP contribution in [0.3, 0.4) is 0 Å². The van der Waals surface area contributed by atoms with Crippen LogP contribution in [-0.4, -0.2) is 38.3 Å². The highest BCUT2D eigenvalue weighted by Gasteiger charge is 2.35. The highest BCUT2D eigenvalue weighted by atomic mass is 16.5. The van der Waals surface area contributed by atoms with Crippen LogP contribution >= 0.6 is 0 Å². The molecule has 98 valence electrons. The Kier molecular flexibility index (Phi) is 4.40. The molecule has 0 aromatic heterocycles. The molecular weight excluding hydrogens is 216 g/mol. The average Bonchev–Trinajstić information content (AvgIpc) is 2.79. The maximum absolute atomic E-state index is 12.0. The molecule has 0 spiro atoms. The molecule has 2 fully saturated rings. The lowest BCUT2D eigenvalue weighted by Gasteiger charge is -2.25. The van der Waals surface area contributed by atoms with Gasteiger partial charge in [0, 0.05) is 19.7 Å². The predicted molar refractivity (Wildman–Crippen MR) is 66.8 cm³/mol. The molecule has 2 unspecified atom stereocenters. The van der Waals surface area contributed by atoms with Gasteiger partial charge in [-0.1, -0.05) is 0 Å². The smallest absolute Gasteiger partial charge is 0.227 e. The van der Waals surface area contributed by atoms with Crippen LogP contribution in [0.2, 0.25) is 0 Å². The number of carbonyl (C=O) groups is 1. The Balaban J connectivity index is 1.65. The number of carbonyl (C=O) groups excluding carboxylic acids is 1. The Bertz CT molecular complexity index is 256. The van der Waals surface area contributed by atoms with E-state index in [2.05, 4.69) is 10.6 Å². The fourth-order valence-electron chi connectivity index (χ4n) is 2.61. The SMILES string of the molecule is CC1(C(=O)NCCC2CCCCO2)CCNC1. The Labute approximate surface area is 103 Å². The van der Waals surface area contributed by atoms with E-state index < -0.39 is 0 Å². The molecule has 2 heterocycles. The molecule has 0 aromatic carbocycles. The number of ether oxygens (including phenoxy) is 1. The highest BCUT2D eigenvalue weighted by Crippen LogP contribution is 2.24. The fourth-order valence-corrected chi connectivity index (χ4v) is 2.61. The maximum Gasteiger partial charge on any atom is 0.227 e. The Morgan fingerprint density at radius 3 is 3.06 bits per heavy atom. The van der Waals surface area contributed by atoms with Crippen molar-refractivity contribution in [2.75, 3.05) is 26.2 Å². The summed E-state index contributed by atoms with van der Waals surface area (Å²) in [5.41, 5.74) is -0.201. The first-order valence-electron chi connectivity index (χ1n) is 6.81. The molecule has 2 atom stereocenters. The molecule has 4 heteroatoms. The van der Waals surface area contributed by atoms with Crippen molar-refractivity contribution in [3.63, 3.8) is 0 Å². The van der Waals surface area contributed by atoms with E-state index in [1.165, 1.54) is 12.8 Å². The van der Waals surface area contributed by atoms with Crippen molar-refractivity contribution in [3.05, 3.63) is 0 Å². The number of rotatable bonds is 4. The van der Waals surface area contributed by atoms with Gasteiger partial charge in [0.2, 0.25) is 5.91 Å². The van der Waals surface area contributed by atoms with Crippen LogP contribution in [0.1, 0.15) is 39.0 Å². The van der Waals surface area contributed by atoms with Crippen molar-refractivity contribution in [3.8, 4) is 0 Å². The standard InChI is InChI=1S/C13H24N2O2/c1-13(6-8-14-10-13)12(16)15-7-5-11-4-2-3-9-17-11/h11,14H,2-10H2,1H3,(H,15,16). The van der Waals surface area contributed by atoms with Crippen LogP contribution in [0.4, 0.5) is 0 Å². The van der Waals surface area contributed by atoms with E-state index in [4.69, 9.17) is 4.74 Å². The van der Waals surface area contributed by atoms with Crippen LogP contribution in [0.25, 0.3) is 0 Å². The highest BCUT2D eigenvalue weighted by molar-refractivity contribution is 5.82. The first-order chi connectivity index (χ1) is 8.21. The summed E-state index contributed by atoms with van der Waals surface area (Å²) in [6, 6.07) is 0. The van der Waals surface area contributed by atoms with Crippen LogP contribution in [0.5, 0.6) is 0 Å². The first kappa shape index (κ1) is 12.8. The summed E-state index contributed by atoms with van der Waals surface area (Å²) >= 11 is 0. The Morgan fingerprint density at radius 2 is 2.41 bits per heavy atom. The molecule has 2 saturated heterocycles. The lowest BCUT2D eigenvalue weighted by atomic mass is 9.89. The van der Waals surface area contributed by atoms with E-state index >= 15 is 0 Å². The van der Waals surface area contributed by atoms with E-state index in [0.717, 1.165) is 45.5 Å². The van der Waals surface area contributed by atoms with Gasteiger partial charge in [0.25, 0.3) is 0 Å². The third-order valence-electron chi connectivity index (χ3n) is 3.94. The molecule has 2 aliphatic heterocycles. The second-order valence-corrected chi connectivity index (χ2v) is 5.52.